The number of sulfonamides is 1. The molecule has 2 aromatic rings. The van der Waals surface area contributed by atoms with Crippen molar-refractivity contribution in [3.63, 3.8) is 0 Å². The smallest absolute Gasteiger partial charge is 0.243 e. The Kier molecular flexibility index (Phi) is 5.64. The summed E-state index contributed by atoms with van der Waals surface area (Å²) < 4.78 is 39.7. The van der Waals surface area contributed by atoms with Gasteiger partial charge in [-0.05, 0) is 30.3 Å². The van der Waals surface area contributed by atoms with Crippen LogP contribution in [-0.2, 0) is 14.8 Å². The number of aromatic nitrogens is 1. The fourth-order valence-corrected chi connectivity index (χ4v) is 2.98. The van der Waals surface area contributed by atoms with Gasteiger partial charge < -0.3 is 5.32 Å². The van der Waals surface area contributed by atoms with Crippen LogP contribution < -0.4 is 10.0 Å². The molecule has 2 N–H and O–H groups in total. The number of amides is 1. The van der Waals surface area contributed by atoms with Gasteiger partial charge >= 0.3 is 0 Å². The number of carbonyl (C=O) groups excluding carboxylic acids is 1. The molecule has 0 aliphatic heterocycles. The summed E-state index contributed by atoms with van der Waals surface area (Å²) in [7, 11) is -4.05. The van der Waals surface area contributed by atoms with E-state index in [1.54, 1.807) is 18.3 Å². The molecule has 0 radical (unpaired) electrons. The molecule has 1 aromatic heterocycles. The van der Waals surface area contributed by atoms with Gasteiger partial charge in [0.05, 0.1) is 11.9 Å². The van der Waals surface area contributed by atoms with Gasteiger partial charge in [0.2, 0.25) is 15.9 Å². The van der Waals surface area contributed by atoms with E-state index < -0.39 is 26.6 Å². The fraction of sp³-hybridized carbons (Fsp3) is 0.143. The third-order valence-corrected chi connectivity index (χ3v) is 4.50. The Labute approximate surface area is 137 Å². The molecule has 0 aliphatic rings. The van der Waals surface area contributed by atoms with Crippen LogP contribution in [0.15, 0.2) is 47.6 Å². The zero-order valence-corrected chi connectivity index (χ0v) is 13.4. The van der Waals surface area contributed by atoms with Crippen LogP contribution in [0.2, 0.25) is 5.02 Å². The monoisotopic (exact) mass is 357 g/mol. The summed E-state index contributed by atoms with van der Waals surface area (Å²) in [5, 5.41) is 2.65. The van der Waals surface area contributed by atoms with E-state index in [4.69, 9.17) is 11.6 Å². The number of anilines is 1. The maximum absolute atomic E-state index is 13.6. The van der Waals surface area contributed by atoms with Gasteiger partial charge in [-0.3, -0.25) is 9.78 Å². The van der Waals surface area contributed by atoms with Gasteiger partial charge in [-0.25, -0.2) is 17.5 Å². The lowest BCUT2D eigenvalue weighted by Crippen LogP contribution is -2.28. The minimum Gasteiger partial charge on any atom is -0.325 e. The van der Waals surface area contributed by atoms with E-state index >= 15 is 0 Å². The lowest BCUT2D eigenvalue weighted by atomic mass is 10.3. The molecule has 9 heteroatoms. The van der Waals surface area contributed by atoms with Crippen LogP contribution in [0, 0.1) is 5.82 Å². The van der Waals surface area contributed by atoms with Crippen molar-refractivity contribution < 1.29 is 17.6 Å². The maximum Gasteiger partial charge on any atom is 0.243 e. The maximum atomic E-state index is 13.6. The Morgan fingerprint density at radius 2 is 2.09 bits per heavy atom. The largest absolute Gasteiger partial charge is 0.325 e. The topological polar surface area (TPSA) is 88.2 Å². The molecular formula is C14H13ClFN3O3S. The second-order valence-corrected chi connectivity index (χ2v) is 6.68. The number of hydrogen-bond donors (Lipinski definition) is 2. The van der Waals surface area contributed by atoms with Crippen LogP contribution in [-0.4, -0.2) is 25.9 Å². The number of benzene rings is 1. The minimum absolute atomic E-state index is 0.0947. The Morgan fingerprint density at radius 3 is 2.74 bits per heavy atom. The van der Waals surface area contributed by atoms with Crippen molar-refractivity contribution in [2.75, 3.05) is 11.9 Å². The summed E-state index contributed by atoms with van der Waals surface area (Å²) in [6.45, 7) is -0.170. The van der Waals surface area contributed by atoms with Gasteiger partial charge in [-0.1, -0.05) is 11.6 Å². The average Bonchev–Trinajstić information content (AvgIpc) is 2.47. The molecule has 0 saturated heterocycles. The first-order chi connectivity index (χ1) is 10.9. The van der Waals surface area contributed by atoms with Crippen LogP contribution >= 0.6 is 11.6 Å². The van der Waals surface area contributed by atoms with Crippen molar-refractivity contribution in [3.05, 3.63) is 53.6 Å². The predicted octanol–water partition coefficient (Wildman–Crippen LogP) is 2.18. The molecule has 0 unspecified atom stereocenters. The van der Waals surface area contributed by atoms with Crippen molar-refractivity contribution in [2.45, 2.75) is 11.3 Å². The van der Waals surface area contributed by atoms with Crippen molar-refractivity contribution >= 4 is 33.2 Å². The molecule has 1 heterocycles. The van der Waals surface area contributed by atoms with Gasteiger partial charge in [-0.15, -0.1) is 0 Å². The molecule has 2 rings (SSSR count). The van der Waals surface area contributed by atoms with Gasteiger partial charge in [0, 0.05) is 24.2 Å². The van der Waals surface area contributed by atoms with E-state index in [0.29, 0.717) is 5.69 Å². The Morgan fingerprint density at radius 1 is 1.30 bits per heavy atom. The van der Waals surface area contributed by atoms with E-state index in [1.807, 2.05) is 0 Å². The third-order valence-electron chi connectivity index (χ3n) is 2.77. The molecule has 0 fully saturated rings. The molecule has 6 nitrogen and oxygen atoms in total. The summed E-state index contributed by atoms with van der Waals surface area (Å²) >= 11 is 5.58. The van der Waals surface area contributed by atoms with Crippen molar-refractivity contribution in [3.8, 4) is 0 Å². The number of nitrogens with zero attached hydrogens (tertiary/aromatic N) is 1. The highest BCUT2D eigenvalue weighted by Gasteiger charge is 2.19. The first kappa shape index (κ1) is 17.3. The van der Waals surface area contributed by atoms with Crippen molar-refractivity contribution in [1.82, 2.24) is 9.71 Å². The molecule has 122 valence electrons. The van der Waals surface area contributed by atoms with Crippen molar-refractivity contribution in [1.29, 1.82) is 0 Å². The van der Waals surface area contributed by atoms with E-state index in [-0.39, 0.29) is 18.0 Å². The molecule has 0 saturated carbocycles. The van der Waals surface area contributed by atoms with E-state index in [0.717, 1.165) is 12.1 Å². The highest BCUT2D eigenvalue weighted by Crippen LogP contribution is 2.18. The highest BCUT2D eigenvalue weighted by atomic mass is 35.5. The first-order valence-electron chi connectivity index (χ1n) is 6.53. The number of nitrogens with one attached hydrogen (secondary N) is 2. The summed E-state index contributed by atoms with van der Waals surface area (Å²) in [6, 6.07) is 6.55. The van der Waals surface area contributed by atoms with Crippen LogP contribution in [0.3, 0.4) is 0 Å². The van der Waals surface area contributed by atoms with Crippen LogP contribution in [0.25, 0.3) is 0 Å². The Hall–Kier alpha value is -2.03. The van der Waals surface area contributed by atoms with E-state index in [1.165, 1.54) is 12.3 Å². The molecule has 0 spiro atoms. The van der Waals surface area contributed by atoms with Gasteiger partial charge in [0.25, 0.3) is 0 Å². The van der Waals surface area contributed by atoms with E-state index in [9.17, 15) is 17.6 Å². The molecule has 0 bridgehead atoms. The summed E-state index contributed by atoms with van der Waals surface area (Å²) in [5.74, 6) is -1.35. The number of hydrogen-bond acceptors (Lipinski definition) is 4. The van der Waals surface area contributed by atoms with Crippen LogP contribution in [0.4, 0.5) is 10.1 Å². The lowest BCUT2D eigenvalue weighted by Gasteiger charge is -2.08. The molecule has 23 heavy (non-hydrogen) atoms. The zero-order chi connectivity index (χ0) is 16.9. The third kappa shape index (κ3) is 4.98. The standard InChI is InChI=1S/C14H13ClFN3O3S/c15-10-3-4-13(12(16)8-10)23(21,22)18-7-5-14(20)19-11-2-1-6-17-9-11/h1-4,6,8-9,18H,5,7H2,(H,19,20). The fourth-order valence-electron chi connectivity index (χ4n) is 1.73. The van der Waals surface area contributed by atoms with Gasteiger partial charge in [-0.2, -0.15) is 0 Å². The number of halogens is 2. The molecule has 1 amide bonds. The minimum atomic E-state index is -4.05. The number of pyridine rings is 1. The Bertz CT molecular complexity index is 800. The normalized spacial score (nSPS) is 11.2. The summed E-state index contributed by atoms with van der Waals surface area (Å²) in [4.78, 5) is 15.0. The summed E-state index contributed by atoms with van der Waals surface area (Å²) in [6.07, 6.45) is 2.92. The molecular weight excluding hydrogens is 345 g/mol. The number of rotatable bonds is 6. The Balaban J connectivity index is 1.91. The summed E-state index contributed by atoms with van der Waals surface area (Å²) in [5.41, 5.74) is 0.504. The molecule has 0 aliphatic carbocycles. The van der Waals surface area contributed by atoms with Crippen molar-refractivity contribution in [2.24, 2.45) is 0 Å². The second kappa shape index (κ2) is 7.49. The second-order valence-electron chi connectivity index (χ2n) is 4.51. The lowest BCUT2D eigenvalue weighted by molar-refractivity contribution is -0.116. The zero-order valence-electron chi connectivity index (χ0n) is 11.8. The first-order valence-corrected chi connectivity index (χ1v) is 8.39. The predicted molar refractivity (Wildman–Crippen MR) is 84.1 cm³/mol. The average molecular weight is 358 g/mol. The highest BCUT2D eigenvalue weighted by molar-refractivity contribution is 7.89. The quantitative estimate of drug-likeness (QED) is 0.829. The molecule has 0 atom stereocenters. The van der Waals surface area contributed by atoms with Crippen LogP contribution in [0.1, 0.15) is 6.42 Å². The van der Waals surface area contributed by atoms with E-state index in [2.05, 4.69) is 15.0 Å². The van der Waals surface area contributed by atoms with Gasteiger partial charge in [0.1, 0.15) is 10.7 Å². The molecule has 1 aromatic carbocycles. The number of carbonyl (C=O) groups is 1. The van der Waals surface area contributed by atoms with Gasteiger partial charge in [0.15, 0.2) is 0 Å². The van der Waals surface area contributed by atoms with Crippen LogP contribution in [0.5, 0.6) is 0 Å². The SMILES string of the molecule is O=C(CCNS(=O)(=O)c1ccc(Cl)cc1F)Nc1cccnc1.